The quantitative estimate of drug-likeness (QED) is 0.376. The molecule has 0 saturated carbocycles. The van der Waals surface area contributed by atoms with E-state index in [0.29, 0.717) is 5.52 Å². The van der Waals surface area contributed by atoms with E-state index >= 15 is 0 Å². The predicted octanol–water partition coefficient (Wildman–Crippen LogP) is 5.29. The molecule has 0 bridgehead atoms. The number of aromatic nitrogens is 3. The van der Waals surface area contributed by atoms with E-state index < -0.39 is 0 Å². The van der Waals surface area contributed by atoms with E-state index in [9.17, 15) is 9.59 Å². The average molecular weight is 454 g/mol. The van der Waals surface area contributed by atoms with Crippen LogP contribution in [0.4, 0.5) is 0 Å². The lowest BCUT2D eigenvalue weighted by Crippen LogP contribution is -2.18. The van der Waals surface area contributed by atoms with E-state index in [-0.39, 0.29) is 11.1 Å². The molecule has 2 aromatic carbocycles. The van der Waals surface area contributed by atoms with Crippen LogP contribution in [-0.2, 0) is 14.1 Å². The minimum absolute atomic E-state index is 0.102. The number of nitrogens with one attached hydrogen (secondary N) is 1. The van der Waals surface area contributed by atoms with E-state index in [1.54, 1.807) is 41.1 Å². The zero-order valence-corrected chi connectivity index (χ0v) is 19.4. The van der Waals surface area contributed by atoms with Crippen molar-refractivity contribution in [3.05, 3.63) is 99.8 Å². The second-order valence-electron chi connectivity index (χ2n) is 8.07. The Morgan fingerprint density at radius 3 is 2.15 bits per heavy atom. The average Bonchev–Trinajstić information content (AvgIpc) is 3.29. The number of H-pyrrole nitrogens is 1. The molecule has 0 unspecified atom stereocenters. The van der Waals surface area contributed by atoms with Crippen molar-refractivity contribution in [2.75, 3.05) is 6.26 Å². The van der Waals surface area contributed by atoms with Gasteiger partial charge in [-0.05, 0) is 41.1 Å². The van der Waals surface area contributed by atoms with Crippen molar-refractivity contribution in [3.63, 3.8) is 0 Å². The summed E-state index contributed by atoms with van der Waals surface area (Å²) in [4.78, 5) is 30.2. The fraction of sp³-hybridized carbons (Fsp3) is 0.111. The molecule has 164 valence electrons. The van der Waals surface area contributed by atoms with Gasteiger partial charge in [-0.3, -0.25) is 9.59 Å². The Kier molecular flexibility index (Phi) is 5.30. The van der Waals surface area contributed by atoms with Gasteiger partial charge in [-0.25, -0.2) is 0 Å². The number of thioether (sulfide) groups is 1. The van der Waals surface area contributed by atoms with Crippen molar-refractivity contribution in [3.8, 4) is 33.5 Å². The van der Waals surface area contributed by atoms with Gasteiger partial charge in [-0.2, -0.15) is 0 Å². The van der Waals surface area contributed by atoms with Crippen molar-refractivity contribution < 1.29 is 0 Å². The predicted molar refractivity (Wildman–Crippen MR) is 137 cm³/mol. The van der Waals surface area contributed by atoms with Crippen LogP contribution in [0, 0.1) is 0 Å². The van der Waals surface area contributed by atoms with Gasteiger partial charge in [0.1, 0.15) is 5.52 Å². The molecule has 3 aromatic heterocycles. The summed E-state index contributed by atoms with van der Waals surface area (Å²) in [5, 5.41) is 0.799. The minimum Gasteiger partial charge on any atom is -0.350 e. The maximum atomic E-state index is 13.0. The van der Waals surface area contributed by atoms with Crippen LogP contribution in [0.3, 0.4) is 0 Å². The number of hydrogen-bond donors (Lipinski definition) is 1. The van der Waals surface area contributed by atoms with Crippen LogP contribution in [0.5, 0.6) is 0 Å². The molecule has 5 nitrogen and oxygen atoms in total. The van der Waals surface area contributed by atoms with Gasteiger partial charge in [-0.15, -0.1) is 11.8 Å². The third kappa shape index (κ3) is 3.72. The summed E-state index contributed by atoms with van der Waals surface area (Å²) in [6, 6.07) is 21.9. The number of aryl methyl sites for hydroxylation is 2. The van der Waals surface area contributed by atoms with Crippen molar-refractivity contribution in [1.29, 1.82) is 0 Å². The van der Waals surface area contributed by atoms with Crippen LogP contribution in [0.25, 0.3) is 44.4 Å². The van der Waals surface area contributed by atoms with E-state index in [1.807, 2.05) is 67.2 Å². The summed E-state index contributed by atoms with van der Waals surface area (Å²) in [5.41, 5.74) is 5.77. The van der Waals surface area contributed by atoms with Crippen LogP contribution in [0.15, 0.2) is 93.6 Å². The van der Waals surface area contributed by atoms with E-state index in [4.69, 9.17) is 0 Å². The van der Waals surface area contributed by atoms with Crippen LogP contribution >= 0.6 is 11.8 Å². The Hall–Kier alpha value is -3.77. The first-order chi connectivity index (χ1) is 16.0. The highest BCUT2D eigenvalue weighted by Crippen LogP contribution is 2.36. The molecule has 5 rings (SSSR count). The van der Waals surface area contributed by atoms with Crippen molar-refractivity contribution in [2.45, 2.75) is 4.90 Å². The number of hydrogen-bond acceptors (Lipinski definition) is 3. The van der Waals surface area contributed by atoms with Gasteiger partial charge in [0.2, 0.25) is 0 Å². The highest BCUT2D eigenvalue weighted by Gasteiger charge is 2.17. The fourth-order valence-electron chi connectivity index (χ4n) is 4.18. The standard InChI is InChI=1S/C27H23N3O2S/c1-29-15-22(17-7-5-4-6-8-17)20(14-25(29)31)23-16-30(2)27(32)26-21(23)13-24(28-26)18-9-11-19(33-3)12-10-18/h4-16,28H,1-3H3. The number of aromatic amines is 1. The Balaban J connectivity index is 1.80. The molecule has 0 aliphatic heterocycles. The van der Waals surface area contributed by atoms with Gasteiger partial charge in [0, 0.05) is 59.7 Å². The summed E-state index contributed by atoms with van der Waals surface area (Å²) < 4.78 is 3.15. The molecule has 0 fully saturated rings. The Bertz CT molecular complexity index is 1590. The van der Waals surface area contributed by atoms with Gasteiger partial charge >= 0.3 is 0 Å². The van der Waals surface area contributed by atoms with Crippen LogP contribution in [0.1, 0.15) is 0 Å². The monoisotopic (exact) mass is 453 g/mol. The molecule has 33 heavy (non-hydrogen) atoms. The lowest BCUT2D eigenvalue weighted by Gasteiger charge is -2.14. The van der Waals surface area contributed by atoms with Crippen LogP contribution in [0.2, 0.25) is 0 Å². The summed E-state index contributed by atoms with van der Waals surface area (Å²) >= 11 is 1.69. The third-order valence-electron chi connectivity index (χ3n) is 5.97. The normalized spacial score (nSPS) is 11.2. The Morgan fingerprint density at radius 1 is 0.758 bits per heavy atom. The van der Waals surface area contributed by atoms with Crippen molar-refractivity contribution >= 4 is 22.7 Å². The Labute approximate surface area is 195 Å². The lowest BCUT2D eigenvalue weighted by molar-refractivity contribution is 0.860. The van der Waals surface area contributed by atoms with Gasteiger partial charge in [-0.1, -0.05) is 42.5 Å². The molecule has 5 aromatic rings. The first-order valence-corrected chi connectivity index (χ1v) is 11.8. The summed E-state index contributed by atoms with van der Waals surface area (Å²) in [6.07, 6.45) is 5.72. The van der Waals surface area contributed by atoms with Crippen LogP contribution in [-0.4, -0.2) is 20.4 Å². The summed E-state index contributed by atoms with van der Waals surface area (Å²) in [5.74, 6) is 0. The van der Waals surface area contributed by atoms with Gasteiger partial charge in [0.05, 0.1) is 0 Å². The second kappa shape index (κ2) is 8.30. The number of rotatable bonds is 4. The smallest absolute Gasteiger partial charge is 0.274 e. The first kappa shape index (κ1) is 21.1. The van der Waals surface area contributed by atoms with Crippen molar-refractivity contribution in [2.24, 2.45) is 14.1 Å². The molecule has 0 amide bonds. The number of fused-ring (bicyclic) bond motifs is 1. The lowest BCUT2D eigenvalue weighted by atomic mass is 9.95. The number of benzene rings is 2. The van der Waals surface area contributed by atoms with Crippen molar-refractivity contribution in [1.82, 2.24) is 14.1 Å². The van der Waals surface area contributed by atoms with E-state index in [2.05, 4.69) is 17.1 Å². The van der Waals surface area contributed by atoms with Crippen LogP contribution < -0.4 is 11.1 Å². The SMILES string of the molecule is CSc1ccc(-c2cc3c(-c4cc(=O)n(C)cc4-c4ccccc4)cn(C)c(=O)c3[nH]2)cc1. The maximum absolute atomic E-state index is 13.0. The van der Waals surface area contributed by atoms with E-state index in [0.717, 1.165) is 38.9 Å². The topological polar surface area (TPSA) is 59.8 Å². The molecule has 3 heterocycles. The van der Waals surface area contributed by atoms with E-state index in [1.165, 1.54) is 4.90 Å². The molecule has 1 N–H and O–H groups in total. The molecule has 0 aliphatic rings. The molecule has 0 spiro atoms. The second-order valence-corrected chi connectivity index (χ2v) is 8.95. The highest BCUT2D eigenvalue weighted by atomic mass is 32.2. The minimum atomic E-state index is -0.106. The zero-order valence-electron chi connectivity index (χ0n) is 18.6. The summed E-state index contributed by atoms with van der Waals surface area (Å²) in [7, 11) is 3.49. The fourth-order valence-corrected chi connectivity index (χ4v) is 4.58. The van der Waals surface area contributed by atoms with Gasteiger partial charge < -0.3 is 14.1 Å². The van der Waals surface area contributed by atoms with Gasteiger partial charge in [0.25, 0.3) is 11.1 Å². The highest BCUT2D eigenvalue weighted by molar-refractivity contribution is 7.98. The first-order valence-electron chi connectivity index (χ1n) is 10.6. The number of pyridine rings is 2. The maximum Gasteiger partial charge on any atom is 0.274 e. The molecule has 6 heteroatoms. The Morgan fingerprint density at radius 2 is 1.45 bits per heavy atom. The largest absolute Gasteiger partial charge is 0.350 e. The molecule has 0 atom stereocenters. The third-order valence-corrected chi connectivity index (χ3v) is 6.71. The number of nitrogens with zero attached hydrogens (tertiary/aromatic N) is 2. The molecule has 0 radical (unpaired) electrons. The molecular weight excluding hydrogens is 430 g/mol. The van der Waals surface area contributed by atoms with Gasteiger partial charge in [0.15, 0.2) is 0 Å². The molecular formula is C27H23N3O2S. The molecule has 0 saturated heterocycles. The molecule has 0 aliphatic carbocycles. The summed E-state index contributed by atoms with van der Waals surface area (Å²) in [6.45, 7) is 0. The zero-order chi connectivity index (χ0) is 23.1.